The minimum Gasteiger partial charge on any atom is -0.485 e. The zero-order valence-corrected chi connectivity index (χ0v) is 12.7. The number of carbonyl (C=O) groups excluding carboxylic acids is 1. The fraction of sp³-hybridized carbons (Fsp3) is 0.588. The van der Waals surface area contributed by atoms with Crippen molar-refractivity contribution in [1.29, 1.82) is 0 Å². The SMILES string of the molecule is COC1CC2CCC(C1)N2C(=O)C1COc2ccccc2O1. The van der Waals surface area contributed by atoms with Crippen LogP contribution in [0.1, 0.15) is 25.7 Å². The summed E-state index contributed by atoms with van der Waals surface area (Å²) in [6.45, 7) is 0.291. The van der Waals surface area contributed by atoms with E-state index in [9.17, 15) is 4.79 Å². The number of ether oxygens (including phenoxy) is 3. The maximum absolute atomic E-state index is 12.9. The van der Waals surface area contributed by atoms with Crippen LogP contribution in [0, 0.1) is 0 Å². The molecule has 2 saturated heterocycles. The third-order valence-corrected chi connectivity index (χ3v) is 5.06. The van der Waals surface area contributed by atoms with Gasteiger partial charge in [-0.05, 0) is 37.8 Å². The fourth-order valence-electron chi connectivity index (χ4n) is 3.99. The van der Waals surface area contributed by atoms with Crippen LogP contribution in [-0.2, 0) is 9.53 Å². The molecule has 118 valence electrons. The molecule has 3 heterocycles. The van der Waals surface area contributed by atoms with Crippen LogP contribution in [0.4, 0.5) is 0 Å². The number of methoxy groups -OCH3 is 1. The molecule has 5 heteroatoms. The molecular formula is C17H21NO4. The second-order valence-electron chi connectivity index (χ2n) is 6.32. The topological polar surface area (TPSA) is 48.0 Å². The Bertz CT molecular complexity index is 562. The van der Waals surface area contributed by atoms with Gasteiger partial charge in [0.15, 0.2) is 11.5 Å². The Morgan fingerprint density at radius 3 is 2.55 bits per heavy atom. The maximum Gasteiger partial charge on any atom is 0.267 e. The lowest BCUT2D eigenvalue weighted by molar-refractivity contribution is -0.148. The summed E-state index contributed by atoms with van der Waals surface area (Å²) in [7, 11) is 1.76. The van der Waals surface area contributed by atoms with Gasteiger partial charge in [-0.15, -0.1) is 0 Å². The lowest BCUT2D eigenvalue weighted by Crippen LogP contribution is -2.54. The molecule has 2 fully saturated rings. The Labute approximate surface area is 130 Å². The van der Waals surface area contributed by atoms with Gasteiger partial charge in [0.25, 0.3) is 5.91 Å². The van der Waals surface area contributed by atoms with Gasteiger partial charge >= 0.3 is 0 Å². The summed E-state index contributed by atoms with van der Waals surface area (Å²) in [6.07, 6.45) is 3.76. The number of amides is 1. The van der Waals surface area contributed by atoms with Gasteiger partial charge in [-0.3, -0.25) is 4.79 Å². The van der Waals surface area contributed by atoms with Crippen LogP contribution in [0.5, 0.6) is 11.5 Å². The van der Waals surface area contributed by atoms with Crippen molar-refractivity contribution in [2.75, 3.05) is 13.7 Å². The normalized spacial score (nSPS) is 32.9. The lowest BCUT2D eigenvalue weighted by atomic mass is 9.99. The highest BCUT2D eigenvalue weighted by atomic mass is 16.6. The van der Waals surface area contributed by atoms with Gasteiger partial charge in [-0.1, -0.05) is 12.1 Å². The molecule has 1 amide bonds. The van der Waals surface area contributed by atoms with Gasteiger partial charge in [-0.2, -0.15) is 0 Å². The molecule has 1 aromatic rings. The minimum absolute atomic E-state index is 0.0663. The molecule has 0 spiro atoms. The second kappa shape index (κ2) is 5.47. The van der Waals surface area contributed by atoms with Crippen LogP contribution in [0.15, 0.2) is 24.3 Å². The Balaban J connectivity index is 1.49. The largest absolute Gasteiger partial charge is 0.485 e. The molecule has 1 aromatic carbocycles. The van der Waals surface area contributed by atoms with E-state index in [1.165, 1.54) is 0 Å². The predicted molar refractivity (Wildman–Crippen MR) is 80.0 cm³/mol. The lowest BCUT2D eigenvalue weighted by Gasteiger charge is -2.40. The summed E-state index contributed by atoms with van der Waals surface area (Å²) in [5, 5.41) is 0. The Morgan fingerprint density at radius 1 is 1.18 bits per heavy atom. The average Bonchev–Trinajstić information content (AvgIpc) is 2.83. The molecule has 3 aliphatic rings. The first-order chi connectivity index (χ1) is 10.8. The average molecular weight is 303 g/mol. The van der Waals surface area contributed by atoms with E-state index in [-0.39, 0.29) is 24.1 Å². The second-order valence-corrected chi connectivity index (χ2v) is 6.32. The summed E-state index contributed by atoms with van der Waals surface area (Å²) < 4.78 is 17.1. The van der Waals surface area contributed by atoms with Crippen molar-refractivity contribution in [3.8, 4) is 11.5 Å². The maximum atomic E-state index is 12.9. The highest BCUT2D eigenvalue weighted by Gasteiger charge is 2.46. The summed E-state index contributed by atoms with van der Waals surface area (Å²) in [5.74, 6) is 1.44. The molecule has 5 nitrogen and oxygen atoms in total. The third kappa shape index (κ3) is 2.24. The molecule has 0 saturated carbocycles. The van der Waals surface area contributed by atoms with Crippen molar-refractivity contribution in [2.24, 2.45) is 0 Å². The molecule has 0 radical (unpaired) electrons. The highest BCUT2D eigenvalue weighted by molar-refractivity contribution is 5.83. The van der Waals surface area contributed by atoms with Gasteiger partial charge in [0.2, 0.25) is 6.10 Å². The van der Waals surface area contributed by atoms with Crippen molar-refractivity contribution in [1.82, 2.24) is 4.90 Å². The summed E-state index contributed by atoms with van der Waals surface area (Å²) in [4.78, 5) is 14.9. The Kier molecular flexibility index (Phi) is 3.45. The Hall–Kier alpha value is -1.75. The first-order valence-electron chi connectivity index (χ1n) is 7.99. The van der Waals surface area contributed by atoms with Crippen LogP contribution in [-0.4, -0.2) is 48.8 Å². The van der Waals surface area contributed by atoms with E-state index >= 15 is 0 Å². The van der Waals surface area contributed by atoms with Gasteiger partial charge in [0.05, 0.1) is 6.10 Å². The number of benzene rings is 1. The molecule has 0 aliphatic carbocycles. The van der Waals surface area contributed by atoms with E-state index in [0.717, 1.165) is 25.7 Å². The zero-order valence-electron chi connectivity index (χ0n) is 12.7. The summed E-state index contributed by atoms with van der Waals surface area (Å²) in [5.41, 5.74) is 0. The number of fused-ring (bicyclic) bond motifs is 3. The van der Waals surface area contributed by atoms with Crippen LogP contribution < -0.4 is 9.47 Å². The van der Waals surface area contributed by atoms with Crippen LogP contribution in [0.2, 0.25) is 0 Å². The van der Waals surface area contributed by atoms with E-state index < -0.39 is 6.10 Å². The summed E-state index contributed by atoms with van der Waals surface area (Å²) >= 11 is 0. The van der Waals surface area contributed by atoms with Crippen LogP contribution in [0.3, 0.4) is 0 Å². The number of hydrogen-bond donors (Lipinski definition) is 0. The van der Waals surface area contributed by atoms with E-state index in [2.05, 4.69) is 0 Å². The van der Waals surface area contributed by atoms with E-state index in [1.54, 1.807) is 7.11 Å². The van der Waals surface area contributed by atoms with Crippen molar-refractivity contribution in [3.05, 3.63) is 24.3 Å². The first-order valence-corrected chi connectivity index (χ1v) is 7.99. The minimum atomic E-state index is -0.530. The quantitative estimate of drug-likeness (QED) is 0.838. The molecule has 3 atom stereocenters. The first kappa shape index (κ1) is 13.9. The van der Waals surface area contributed by atoms with E-state index in [0.29, 0.717) is 18.1 Å². The van der Waals surface area contributed by atoms with Crippen molar-refractivity contribution in [2.45, 2.75) is 50.0 Å². The predicted octanol–water partition coefficient (Wildman–Crippen LogP) is 1.99. The van der Waals surface area contributed by atoms with Gasteiger partial charge in [0, 0.05) is 19.2 Å². The van der Waals surface area contributed by atoms with Crippen molar-refractivity contribution < 1.29 is 19.0 Å². The van der Waals surface area contributed by atoms with E-state index in [4.69, 9.17) is 14.2 Å². The van der Waals surface area contributed by atoms with Gasteiger partial charge in [0.1, 0.15) is 6.61 Å². The van der Waals surface area contributed by atoms with Crippen LogP contribution >= 0.6 is 0 Å². The highest BCUT2D eigenvalue weighted by Crippen LogP contribution is 2.38. The molecule has 4 rings (SSSR count). The number of piperidine rings is 1. The molecule has 0 N–H and O–H groups in total. The monoisotopic (exact) mass is 303 g/mol. The Morgan fingerprint density at radius 2 is 1.86 bits per heavy atom. The number of rotatable bonds is 2. The molecule has 2 bridgehead atoms. The van der Waals surface area contributed by atoms with Gasteiger partial charge in [-0.25, -0.2) is 0 Å². The summed E-state index contributed by atoms with van der Waals surface area (Å²) in [6, 6.07) is 8.08. The number of nitrogens with zero attached hydrogens (tertiary/aromatic N) is 1. The molecule has 3 unspecified atom stereocenters. The van der Waals surface area contributed by atoms with Crippen LogP contribution in [0.25, 0.3) is 0 Å². The van der Waals surface area contributed by atoms with E-state index in [1.807, 2.05) is 29.2 Å². The molecule has 3 aliphatic heterocycles. The molecule has 22 heavy (non-hydrogen) atoms. The van der Waals surface area contributed by atoms with Gasteiger partial charge < -0.3 is 19.1 Å². The number of para-hydroxylation sites is 2. The fourth-order valence-corrected chi connectivity index (χ4v) is 3.99. The number of carbonyl (C=O) groups is 1. The number of hydrogen-bond acceptors (Lipinski definition) is 4. The molecule has 0 aromatic heterocycles. The third-order valence-electron chi connectivity index (χ3n) is 5.06. The molecular weight excluding hydrogens is 282 g/mol. The standard InChI is InChI=1S/C17H21NO4/c1-20-13-8-11-6-7-12(9-13)18(11)17(19)16-10-21-14-4-2-3-5-15(14)22-16/h2-5,11-13,16H,6-10H2,1H3. The van der Waals surface area contributed by atoms with Crippen molar-refractivity contribution in [3.63, 3.8) is 0 Å². The zero-order chi connectivity index (χ0) is 15.1. The van der Waals surface area contributed by atoms with Crippen molar-refractivity contribution >= 4 is 5.91 Å². The smallest absolute Gasteiger partial charge is 0.267 e.